The number of aryl methyl sites for hydroxylation is 1. The number of hydrogen-bond donors (Lipinski definition) is 0. The molecule has 0 N–H and O–H groups in total. The summed E-state index contributed by atoms with van der Waals surface area (Å²) in [6, 6.07) is 36.0. The summed E-state index contributed by atoms with van der Waals surface area (Å²) in [6.07, 6.45) is 0. The fourth-order valence-electron chi connectivity index (χ4n) is 3.89. The Morgan fingerprint density at radius 2 is 0.763 bits per heavy atom. The van der Waals surface area contributed by atoms with Gasteiger partial charge in [0.2, 0.25) is 9.84 Å². The molecule has 5 rings (SSSR count). The van der Waals surface area contributed by atoms with Gasteiger partial charge < -0.3 is 14.2 Å². The third-order valence-electron chi connectivity index (χ3n) is 6.04. The van der Waals surface area contributed by atoms with Gasteiger partial charge in [-0.3, -0.25) is 0 Å². The van der Waals surface area contributed by atoms with Crippen LogP contribution in [0, 0.1) is 6.92 Å². The molecule has 0 fully saturated rings. The summed E-state index contributed by atoms with van der Waals surface area (Å²) in [5.74, 6) is 3.26. The summed E-state index contributed by atoms with van der Waals surface area (Å²) in [7, 11) is -2.04. The molecule has 190 valence electrons. The Hall–Kier alpha value is -4.55. The third kappa shape index (κ3) is 5.71. The van der Waals surface area contributed by atoms with Crippen molar-refractivity contribution < 1.29 is 22.6 Å². The zero-order valence-electron chi connectivity index (χ0n) is 21.0. The number of sulfone groups is 1. The van der Waals surface area contributed by atoms with Crippen molar-refractivity contribution in [2.75, 3.05) is 7.11 Å². The predicted octanol–water partition coefficient (Wildman–Crippen LogP) is 8.09. The standard InChI is InChI=1S/C32H26O5S/c1-23-3-9-27(10-4-23)36-29-15-19-31(20-16-29)38(33,34)32-21-17-30(18-22-32)37-28-13-7-25(8-14-28)24-5-11-26(35-2)12-6-24/h3-22H,1-2H3. The largest absolute Gasteiger partial charge is 0.497 e. The number of hydrogen-bond acceptors (Lipinski definition) is 5. The zero-order valence-corrected chi connectivity index (χ0v) is 21.8. The summed E-state index contributed by atoms with van der Waals surface area (Å²) in [6.45, 7) is 2.00. The van der Waals surface area contributed by atoms with Crippen LogP contribution in [0.3, 0.4) is 0 Å². The van der Waals surface area contributed by atoms with E-state index in [1.54, 1.807) is 55.6 Å². The molecule has 0 unspecified atom stereocenters. The molecule has 0 radical (unpaired) electrons. The van der Waals surface area contributed by atoms with E-state index in [1.165, 1.54) is 0 Å². The van der Waals surface area contributed by atoms with Gasteiger partial charge in [-0.25, -0.2) is 8.42 Å². The molecule has 0 heterocycles. The maximum atomic E-state index is 13.1. The van der Waals surface area contributed by atoms with Crippen LogP contribution in [0.4, 0.5) is 0 Å². The predicted molar refractivity (Wildman–Crippen MR) is 148 cm³/mol. The molecular formula is C32H26O5S. The molecule has 0 spiro atoms. The zero-order chi connectivity index (χ0) is 26.5. The van der Waals surface area contributed by atoms with Crippen molar-refractivity contribution in [1.82, 2.24) is 0 Å². The van der Waals surface area contributed by atoms with Crippen molar-refractivity contribution in [2.24, 2.45) is 0 Å². The van der Waals surface area contributed by atoms with E-state index in [-0.39, 0.29) is 9.79 Å². The lowest BCUT2D eigenvalue weighted by Crippen LogP contribution is -2.01. The smallest absolute Gasteiger partial charge is 0.206 e. The van der Waals surface area contributed by atoms with Crippen molar-refractivity contribution in [2.45, 2.75) is 16.7 Å². The van der Waals surface area contributed by atoms with E-state index >= 15 is 0 Å². The van der Waals surface area contributed by atoms with E-state index in [0.717, 1.165) is 22.4 Å². The normalized spacial score (nSPS) is 11.1. The molecule has 6 heteroatoms. The molecule has 0 aliphatic carbocycles. The van der Waals surface area contributed by atoms with Crippen LogP contribution in [0.2, 0.25) is 0 Å². The first kappa shape index (κ1) is 25.1. The lowest BCUT2D eigenvalue weighted by Gasteiger charge is -2.10. The SMILES string of the molecule is COc1ccc(-c2ccc(Oc3ccc(S(=O)(=O)c4ccc(Oc5ccc(C)cc5)cc4)cc3)cc2)cc1. The van der Waals surface area contributed by atoms with Gasteiger partial charge in [0.15, 0.2) is 0 Å². The highest BCUT2D eigenvalue weighted by molar-refractivity contribution is 7.91. The van der Waals surface area contributed by atoms with Crippen molar-refractivity contribution in [3.63, 3.8) is 0 Å². The van der Waals surface area contributed by atoms with E-state index in [0.29, 0.717) is 23.0 Å². The number of ether oxygens (including phenoxy) is 3. The highest BCUT2D eigenvalue weighted by Crippen LogP contribution is 2.30. The van der Waals surface area contributed by atoms with Crippen LogP contribution in [-0.2, 0) is 9.84 Å². The van der Waals surface area contributed by atoms with Crippen molar-refractivity contribution in [3.05, 3.63) is 127 Å². The van der Waals surface area contributed by atoms with Gasteiger partial charge in [-0.15, -0.1) is 0 Å². The van der Waals surface area contributed by atoms with Crippen LogP contribution in [0.25, 0.3) is 11.1 Å². The second-order valence-electron chi connectivity index (χ2n) is 8.72. The maximum Gasteiger partial charge on any atom is 0.206 e. The first-order valence-electron chi connectivity index (χ1n) is 12.0. The first-order valence-corrected chi connectivity index (χ1v) is 13.5. The molecule has 0 saturated carbocycles. The highest BCUT2D eigenvalue weighted by Gasteiger charge is 2.18. The Morgan fingerprint density at radius 1 is 0.447 bits per heavy atom. The topological polar surface area (TPSA) is 61.8 Å². The van der Waals surface area contributed by atoms with E-state index in [4.69, 9.17) is 14.2 Å². The molecule has 0 aliphatic rings. The second-order valence-corrected chi connectivity index (χ2v) is 10.7. The fraction of sp³-hybridized carbons (Fsp3) is 0.0625. The van der Waals surface area contributed by atoms with Gasteiger partial charge in [0.1, 0.15) is 28.7 Å². The number of methoxy groups -OCH3 is 1. The minimum Gasteiger partial charge on any atom is -0.497 e. The van der Waals surface area contributed by atoms with E-state index in [1.807, 2.05) is 79.7 Å². The minimum atomic E-state index is -3.69. The molecule has 0 saturated heterocycles. The van der Waals surface area contributed by atoms with E-state index in [2.05, 4.69) is 0 Å². The summed E-state index contributed by atoms with van der Waals surface area (Å²) < 4.78 is 43.2. The van der Waals surface area contributed by atoms with Gasteiger partial charge in [-0.1, -0.05) is 42.0 Å². The molecule has 5 nitrogen and oxygen atoms in total. The van der Waals surface area contributed by atoms with Crippen LogP contribution in [0.5, 0.6) is 28.7 Å². The van der Waals surface area contributed by atoms with Crippen LogP contribution in [0.15, 0.2) is 131 Å². The Labute approximate surface area is 222 Å². The fourth-order valence-corrected chi connectivity index (χ4v) is 5.15. The monoisotopic (exact) mass is 522 g/mol. The quantitative estimate of drug-likeness (QED) is 0.206. The third-order valence-corrected chi connectivity index (χ3v) is 7.82. The summed E-state index contributed by atoms with van der Waals surface area (Å²) in [5, 5.41) is 0. The van der Waals surface area contributed by atoms with Gasteiger partial charge in [-0.05, 0) is 103 Å². The van der Waals surface area contributed by atoms with E-state index < -0.39 is 9.84 Å². The Bertz CT molecular complexity index is 1610. The minimum absolute atomic E-state index is 0.187. The molecule has 38 heavy (non-hydrogen) atoms. The number of rotatable bonds is 8. The molecule has 0 aliphatic heterocycles. The molecule has 0 bridgehead atoms. The Morgan fingerprint density at radius 3 is 1.13 bits per heavy atom. The summed E-state index contributed by atoms with van der Waals surface area (Å²) >= 11 is 0. The molecular weight excluding hydrogens is 496 g/mol. The molecule has 0 amide bonds. The Kier molecular flexibility index (Phi) is 7.15. The highest BCUT2D eigenvalue weighted by atomic mass is 32.2. The average molecular weight is 523 g/mol. The maximum absolute atomic E-state index is 13.1. The second kappa shape index (κ2) is 10.8. The van der Waals surface area contributed by atoms with Crippen molar-refractivity contribution in [1.29, 1.82) is 0 Å². The lowest BCUT2D eigenvalue weighted by molar-refractivity contribution is 0.415. The van der Waals surface area contributed by atoms with Crippen molar-refractivity contribution in [3.8, 4) is 39.9 Å². The average Bonchev–Trinajstić information content (AvgIpc) is 2.95. The summed E-state index contributed by atoms with van der Waals surface area (Å²) in [4.78, 5) is 0.378. The molecule has 5 aromatic rings. The van der Waals surface area contributed by atoms with Gasteiger partial charge in [0, 0.05) is 0 Å². The van der Waals surface area contributed by atoms with Gasteiger partial charge in [0.05, 0.1) is 16.9 Å². The molecule has 0 atom stereocenters. The van der Waals surface area contributed by atoms with Crippen LogP contribution >= 0.6 is 0 Å². The van der Waals surface area contributed by atoms with Crippen LogP contribution in [0.1, 0.15) is 5.56 Å². The molecule has 5 aromatic carbocycles. The van der Waals surface area contributed by atoms with Gasteiger partial charge in [-0.2, -0.15) is 0 Å². The number of benzene rings is 5. The van der Waals surface area contributed by atoms with Gasteiger partial charge >= 0.3 is 0 Å². The van der Waals surface area contributed by atoms with Crippen LogP contribution in [-0.4, -0.2) is 15.5 Å². The van der Waals surface area contributed by atoms with Gasteiger partial charge in [0.25, 0.3) is 0 Å². The summed E-state index contributed by atoms with van der Waals surface area (Å²) in [5.41, 5.74) is 3.26. The molecule has 0 aromatic heterocycles. The van der Waals surface area contributed by atoms with E-state index in [9.17, 15) is 8.42 Å². The Balaban J connectivity index is 1.24. The first-order chi connectivity index (χ1) is 18.4. The van der Waals surface area contributed by atoms with Crippen LogP contribution < -0.4 is 14.2 Å². The lowest BCUT2D eigenvalue weighted by atomic mass is 10.1. The van der Waals surface area contributed by atoms with Crippen molar-refractivity contribution >= 4 is 9.84 Å².